The third kappa shape index (κ3) is 2.99. The highest BCUT2D eigenvalue weighted by molar-refractivity contribution is 9.10. The van der Waals surface area contributed by atoms with Crippen molar-refractivity contribution < 1.29 is 4.74 Å². The van der Waals surface area contributed by atoms with Crippen LogP contribution < -0.4 is 0 Å². The molecule has 0 bridgehead atoms. The fourth-order valence-corrected chi connectivity index (χ4v) is 2.54. The lowest BCUT2D eigenvalue weighted by Crippen LogP contribution is -1.92. The van der Waals surface area contributed by atoms with Crippen molar-refractivity contribution in [3.63, 3.8) is 0 Å². The third-order valence-electron chi connectivity index (χ3n) is 2.15. The number of imidazole rings is 1. The van der Waals surface area contributed by atoms with Gasteiger partial charge in [-0.1, -0.05) is 0 Å². The second-order valence-corrected chi connectivity index (χ2v) is 5.41. The number of hydrogen-bond acceptors (Lipinski definition) is 3. The smallest absolute Gasteiger partial charge is 0.137 e. The quantitative estimate of drug-likeness (QED) is 0.794. The van der Waals surface area contributed by atoms with Crippen LogP contribution in [0.2, 0.25) is 0 Å². The van der Waals surface area contributed by atoms with Crippen LogP contribution in [0.25, 0.3) is 5.65 Å². The molecule has 0 unspecified atom stereocenters. The monoisotopic (exact) mass is 300 g/mol. The van der Waals surface area contributed by atoms with Gasteiger partial charge in [-0.25, -0.2) is 4.98 Å². The first-order chi connectivity index (χ1) is 7.79. The van der Waals surface area contributed by atoms with Crippen molar-refractivity contribution in [2.45, 2.75) is 5.75 Å². The summed E-state index contributed by atoms with van der Waals surface area (Å²) >= 11 is 5.28. The van der Waals surface area contributed by atoms with Crippen LogP contribution >= 0.6 is 27.7 Å². The van der Waals surface area contributed by atoms with Gasteiger partial charge in [-0.15, -0.1) is 0 Å². The number of halogens is 1. The molecule has 0 aliphatic carbocycles. The van der Waals surface area contributed by atoms with Gasteiger partial charge in [-0.2, -0.15) is 11.8 Å². The Morgan fingerprint density at radius 2 is 2.31 bits per heavy atom. The summed E-state index contributed by atoms with van der Waals surface area (Å²) in [6, 6.07) is 4.01. The van der Waals surface area contributed by atoms with Crippen LogP contribution in [0.3, 0.4) is 0 Å². The van der Waals surface area contributed by atoms with Gasteiger partial charge in [0.25, 0.3) is 0 Å². The van der Waals surface area contributed by atoms with Crippen LogP contribution in [-0.4, -0.2) is 28.9 Å². The van der Waals surface area contributed by atoms with Gasteiger partial charge >= 0.3 is 0 Å². The van der Waals surface area contributed by atoms with E-state index in [1.807, 2.05) is 34.5 Å². The van der Waals surface area contributed by atoms with E-state index in [4.69, 9.17) is 4.74 Å². The highest BCUT2D eigenvalue weighted by Crippen LogP contribution is 2.15. The molecule has 3 nitrogen and oxygen atoms in total. The van der Waals surface area contributed by atoms with Crippen LogP contribution in [0, 0.1) is 0 Å². The fraction of sp³-hybridized carbons (Fsp3) is 0.364. The van der Waals surface area contributed by atoms with Crippen LogP contribution in [-0.2, 0) is 10.5 Å². The molecule has 0 fully saturated rings. The molecule has 0 saturated carbocycles. The van der Waals surface area contributed by atoms with Crippen molar-refractivity contribution in [2.75, 3.05) is 19.5 Å². The average molecular weight is 301 g/mol. The molecule has 2 aromatic heterocycles. The Morgan fingerprint density at radius 3 is 3.12 bits per heavy atom. The molecule has 0 aromatic carbocycles. The minimum absolute atomic E-state index is 0.795. The van der Waals surface area contributed by atoms with Crippen LogP contribution in [0.4, 0.5) is 0 Å². The maximum Gasteiger partial charge on any atom is 0.137 e. The summed E-state index contributed by atoms with van der Waals surface area (Å²) in [5.41, 5.74) is 2.10. The number of thioether (sulfide) groups is 1. The van der Waals surface area contributed by atoms with Gasteiger partial charge in [0.2, 0.25) is 0 Å². The minimum atomic E-state index is 0.795. The SMILES string of the molecule is COCCSCc1cn2cc(Br)ccc2n1. The van der Waals surface area contributed by atoms with Crippen molar-refractivity contribution in [2.24, 2.45) is 0 Å². The Balaban J connectivity index is 2.02. The second kappa shape index (κ2) is 5.70. The van der Waals surface area contributed by atoms with E-state index < -0.39 is 0 Å². The van der Waals surface area contributed by atoms with E-state index in [9.17, 15) is 0 Å². The summed E-state index contributed by atoms with van der Waals surface area (Å²) in [5, 5.41) is 0. The molecular formula is C11H13BrN2OS. The van der Waals surface area contributed by atoms with Gasteiger partial charge in [0.05, 0.1) is 12.3 Å². The molecule has 86 valence electrons. The molecule has 0 aliphatic rings. The van der Waals surface area contributed by atoms with Crippen molar-refractivity contribution in [1.29, 1.82) is 0 Å². The molecule has 0 radical (unpaired) electrons. The van der Waals surface area contributed by atoms with Gasteiger partial charge < -0.3 is 9.14 Å². The van der Waals surface area contributed by atoms with E-state index in [1.165, 1.54) is 0 Å². The Labute approximate surface area is 107 Å². The van der Waals surface area contributed by atoms with E-state index in [0.717, 1.165) is 33.9 Å². The normalized spacial score (nSPS) is 11.1. The summed E-state index contributed by atoms with van der Waals surface area (Å²) in [6.07, 6.45) is 4.09. The Bertz CT molecular complexity index is 472. The third-order valence-corrected chi connectivity index (χ3v) is 3.57. The molecule has 2 heterocycles. The Kier molecular flexibility index (Phi) is 4.26. The molecule has 0 atom stereocenters. The summed E-state index contributed by atoms with van der Waals surface area (Å²) in [5.74, 6) is 1.94. The molecule has 0 spiro atoms. The van der Waals surface area contributed by atoms with Crippen molar-refractivity contribution in [3.8, 4) is 0 Å². The fourth-order valence-electron chi connectivity index (χ4n) is 1.41. The highest BCUT2D eigenvalue weighted by atomic mass is 79.9. The van der Waals surface area contributed by atoms with Crippen molar-refractivity contribution >= 4 is 33.3 Å². The number of methoxy groups -OCH3 is 1. The van der Waals surface area contributed by atoms with Gasteiger partial charge in [-0.3, -0.25) is 0 Å². The number of rotatable bonds is 5. The highest BCUT2D eigenvalue weighted by Gasteiger charge is 2.01. The topological polar surface area (TPSA) is 26.5 Å². The van der Waals surface area contributed by atoms with E-state index in [-0.39, 0.29) is 0 Å². The van der Waals surface area contributed by atoms with Crippen LogP contribution in [0.5, 0.6) is 0 Å². The zero-order chi connectivity index (χ0) is 11.4. The second-order valence-electron chi connectivity index (χ2n) is 3.39. The van der Waals surface area contributed by atoms with Gasteiger partial charge in [0.15, 0.2) is 0 Å². The van der Waals surface area contributed by atoms with Gasteiger partial charge in [0, 0.05) is 35.5 Å². The molecule has 2 rings (SSSR count). The first kappa shape index (κ1) is 12.0. The molecular weight excluding hydrogens is 288 g/mol. The minimum Gasteiger partial charge on any atom is -0.384 e. The van der Waals surface area contributed by atoms with Gasteiger partial charge in [0.1, 0.15) is 5.65 Å². The van der Waals surface area contributed by atoms with Crippen LogP contribution in [0.1, 0.15) is 5.69 Å². The number of ether oxygens (including phenoxy) is 1. The Hall–Kier alpha value is -0.520. The lowest BCUT2D eigenvalue weighted by Gasteiger charge is -1.96. The number of aromatic nitrogens is 2. The van der Waals surface area contributed by atoms with Crippen molar-refractivity contribution in [3.05, 3.63) is 34.7 Å². The van der Waals surface area contributed by atoms with E-state index in [1.54, 1.807) is 7.11 Å². The summed E-state index contributed by atoms with van der Waals surface area (Å²) in [6.45, 7) is 0.795. The molecule has 0 amide bonds. The average Bonchev–Trinajstić information content (AvgIpc) is 2.66. The molecule has 16 heavy (non-hydrogen) atoms. The predicted octanol–water partition coefficient (Wildman–Crippen LogP) is 2.98. The van der Waals surface area contributed by atoms with E-state index in [0.29, 0.717) is 0 Å². The van der Waals surface area contributed by atoms with E-state index in [2.05, 4.69) is 27.1 Å². The summed E-state index contributed by atoms with van der Waals surface area (Å²) in [7, 11) is 1.73. The van der Waals surface area contributed by atoms with Crippen LogP contribution in [0.15, 0.2) is 29.0 Å². The standard InChI is InChI=1S/C11H13BrN2OS/c1-15-4-5-16-8-10-7-14-6-9(12)2-3-11(14)13-10/h2-3,6-7H,4-5,8H2,1H3. The molecule has 5 heteroatoms. The number of fused-ring (bicyclic) bond motifs is 1. The number of hydrogen-bond donors (Lipinski definition) is 0. The van der Waals surface area contributed by atoms with Crippen molar-refractivity contribution in [1.82, 2.24) is 9.38 Å². The summed E-state index contributed by atoms with van der Waals surface area (Å²) < 4.78 is 8.11. The zero-order valence-electron chi connectivity index (χ0n) is 9.02. The molecule has 0 saturated heterocycles. The predicted molar refractivity (Wildman–Crippen MR) is 70.9 cm³/mol. The van der Waals surface area contributed by atoms with E-state index >= 15 is 0 Å². The first-order valence-electron chi connectivity index (χ1n) is 4.99. The maximum absolute atomic E-state index is 5.00. The van der Waals surface area contributed by atoms with Gasteiger partial charge in [-0.05, 0) is 28.1 Å². The Morgan fingerprint density at radius 1 is 1.44 bits per heavy atom. The lowest BCUT2D eigenvalue weighted by atomic mass is 10.5. The largest absolute Gasteiger partial charge is 0.384 e. The number of nitrogens with zero attached hydrogens (tertiary/aromatic N) is 2. The number of pyridine rings is 1. The lowest BCUT2D eigenvalue weighted by molar-refractivity contribution is 0.218. The first-order valence-corrected chi connectivity index (χ1v) is 6.94. The molecule has 0 N–H and O–H groups in total. The molecule has 0 aliphatic heterocycles. The summed E-state index contributed by atoms with van der Waals surface area (Å²) in [4.78, 5) is 4.53. The molecule has 2 aromatic rings. The zero-order valence-corrected chi connectivity index (χ0v) is 11.4. The maximum atomic E-state index is 5.00.